The number of nitrogen functional groups attached to an aromatic ring is 1. The van der Waals surface area contributed by atoms with E-state index in [0.717, 1.165) is 17.8 Å². The van der Waals surface area contributed by atoms with Crippen LogP contribution in [0.2, 0.25) is 0 Å². The van der Waals surface area contributed by atoms with Gasteiger partial charge in [0.1, 0.15) is 5.82 Å². The van der Waals surface area contributed by atoms with Crippen LogP contribution in [0.25, 0.3) is 0 Å². The molecule has 1 amide bonds. The van der Waals surface area contributed by atoms with Crippen molar-refractivity contribution in [1.29, 1.82) is 0 Å². The van der Waals surface area contributed by atoms with Crippen molar-refractivity contribution in [3.8, 4) is 0 Å². The van der Waals surface area contributed by atoms with Crippen LogP contribution in [0.1, 0.15) is 18.3 Å². The average Bonchev–Trinajstić information content (AvgIpc) is 2.86. The largest absolute Gasteiger partial charge is 0.399 e. The molecule has 7 heteroatoms. The van der Waals surface area contributed by atoms with Gasteiger partial charge in [0.25, 0.3) is 0 Å². The van der Waals surface area contributed by atoms with Crippen LogP contribution in [0.4, 0.5) is 10.8 Å². The molecule has 0 fully saturated rings. The predicted octanol–water partition coefficient (Wildman–Crippen LogP) is 1.17. The van der Waals surface area contributed by atoms with Crippen molar-refractivity contribution in [2.75, 3.05) is 17.2 Å². The maximum Gasteiger partial charge on any atom is 0.237 e. The number of amides is 1. The number of aromatic nitrogens is 2. The number of carbonyl (C=O) groups is 1. The van der Waals surface area contributed by atoms with Crippen LogP contribution in [0.3, 0.4) is 0 Å². The van der Waals surface area contributed by atoms with Crippen molar-refractivity contribution in [1.82, 2.24) is 9.36 Å². The Hall–Kier alpha value is -2.15. The third-order valence-corrected chi connectivity index (χ3v) is 3.53. The lowest BCUT2D eigenvalue weighted by molar-refractivity contribution is -0.116. The minimum Gasteiger partial charge on any atom is -0.399 e. The molecular weight excluding hydrogens is 274 g/mol. The van der Waals surface area contributed by atoms with E-state index in [0.29, 0.717) is 17.4 Å². The summed E-state index contributed by atoms with van der Waals surface area (Å²) in [6.07, 6.45) is 0.763. The molecule has 0 unspecified atom stereocenters. The van der Waals surface area contributed by atoms with Gasteiger partial charge < -0.3 is 16.4 Å². The van der Waals surface area contributed by atoms with E-state index in [2.05, 4.69) is 9.36 Å². The Kier molecular flexibility index (Phi) is 4.52. The quantitative estimate of drug-likeness (QED) is 0.779. The minimum absolute atomic E-state index is 0.104. The third-order valence-electron chi connectivity index (χ3n) is 2.72. The number of hydrogen-bond donors (Lipinski definition) is 2. The molecule has 4 N–H and O–H groups in total. The van der Waals surface area contributed by atoms with Crippen molar-refractivity contribution in [3.05, 3.63) is 35.7 Å². The van der Waals surface area contributed by atoms with Gasteiger partial charge >= 0.3 is 0 Å². The van der Waals surface area contributed by atoms with E-state index < -0.39 is 5.91 Å². The predicted molar refractivity (Wildman–Crippen MR) is 80.4 cm³/mol. The van der Waals surface area contributed by atoms with E-state index in [1.54, 1.807) is 0 Å². The zero-order chi connectivity index (χ0) is 14.5. The third kappa shape index (κ3) is 3.67. The number of anilines is 2. The van der Waals surface area contributed by atoms with Gasteiger partial charge in [0, 0.05) is 30.2 Å². The monoisotopic (exact) mass is 291 g/mol. The number of aryl methyl sites for hydroxylation is 1. The lowest BCUT2D eigenvalue weighted by atomic mass is 10.2. The molecule has 0 radical (unpaired) electrons. The molecule has 1 aromatic carbocycles. The zero-order valence-electron chi connectivity index (χ0n) is 11.2. The Morgan fingerprint density at radius 3 is 2.85 bits per heavy atom. The molecule has 0 atom stereocenters. The summed E-state index contributed by atoms with van der Waals surface area (Å²) in [4.78, 5) is 17.4. The lowest BCUT2D eigenvalue weighted by Crippen LogP contribution is -2.33. The van der Waals surface area contributed by atoms with Gasteiger partial charge in [0.2, 0.25) is 11.0 Å². The molecule has 2 aromatic rings. The molecular formula is C13H17N5OS. The summed E-state index contributed by atoms with van der Waals surface area (Å²) in [6.45, 7) is 2.61. The summed E-state index contributed by atoms with van der Waals surface area (Å²) in [7, 11) is 0. The zero-order valence-corrected chi connectivity index (χ0v) is 12.1. The molecule has 0 aliphatic carbocycles. The van der Waals surface area contributed by atoms with Crippen LogP contribution in [0.5, 0.6) is 0 Å². The standard InChI is InChI=1S/C13H17N5OS/c1-2-12-16-13(20-17-12)18(8-11(15)19)7-9-4-3-5-10(14)6-9/h3-6H,2,7-8,14H2,1H3,(H2,15,19). The van der Waals surface area contributed by atoms with Gasteiger partial charge in [0.05, 0.1) is 6.54 Å². The molecule has 1 heterocycles. The molecule has 0 aliphatic rings. The van der Waals surface area contributed by atoms with Gasteiger partial charge in [-0.05, 0) is 17.7 Å². The first-order valence-electron chi connectivity index (χ1n) is 6.28. The Morgan fingerprint density at radius 1 is 1.45 bits per heavy atom. The second-order valence-electron chi connectivity index (χ2n) is 4.41. The molecule has 0 bridgehead atoms. The highest BCUT2D eigenvalue weighted by atomic mass is 32.1. The molecule has 6 nitrogen and oxygen atoms in total. The van der Waals surface area contributed by atoms with E-state index in [1.165, 1.54) is 11.5 Å². The highest BCUT2D eigenvalue weighted by Gasteiger charge is 2.15. The van der Waals surface area contributed by atoms with Gasteiger partial charge in [-0.3, -0.25) is 4.79 Å². The van der Waals surface area contributed by atoms with Crippen LogP contribution >= 0.6 is 11.5 Å². The Morgan fingerprint density at radius 2 is 2.25 bits per heavy atom. The lowest BCUT2D eigenvalue weighted by Gasteiger charge is -2.19. The fraction of sp³-hybridized carbons (Fsp3) is 0.308. The number of carbonyl (C=O) groups excluding carboxylic acids is 1. The molecule has 0 aliphatic heterocycles. The first kappa shape index (κ1) is 14.3. The van der Waals surface area contributed by atoms with Gasteiger partial charge in [-0.25, -0.2) is 4.98 Å². The summed E-state index contributed by atoms with van der Waals surface area (Å²) in [6, 6.07) is 7.52. The highest BCUT2D eigenvalue weighted by molar-refractivity contribution is 7.09. The van der Waals surface area contributed by atoms with Crippen LogP contribution in [-0.4, -0.2) is 21.8 Å². The van der Waals surface area contributed by atoms with Crippen LogP contribution in [-0.2, 0) is 17.8 Å². The first-order valence-corrected chi connectivity index (χ1v) is 7.06. The summed E-state index contributed by atoms with van der Waals surface area (Å²) >= 11 is 1.27. The van der Waals surface area contributed by atoms with Crippen molar-refractivity contribution in [2.45, 2.75) is 19.9 Å². The van der Waals surface area contributed by atoms with E-state index in [-0.39, 0.29) is 6.54 Å². The molecule has 0 saturated heterocycles. The smallest absolute Gasteiger partial charge is 0.237 e. The summed E-state index contributed by atoms with van der Waals surface area (Å²) < 4.78 is 4.23. The number of benzene rings is 1. The first-order chi connectivity index (χ1) is 9.58. The normalized spacial score (nSPS) is 10.4. The molecule has 20 heavy (non-hydrogen) atoms. The van der Waals surface area contributed by atoms with Crippen LogP contribution < -0.4 is 16.4 Å². The fourth-order valence-corrected chi connectivity index (χ4v) is 2.56. The van der Waals surface area contributed by atoms with Crippen LogP contribution in [0.15, 0.2) is 24.3 Å². The second-order valence-corrected chi connectivity index (χ2v) is 5.14. The highest BCUT2D eigenvalue weighted by Crippen LogP contribution is 2.20. The van der Waals surface area contributed by atoms with E-state index >= 15 is 0 Å². The molecule has 0 saturated carbocycles. The number of hydrogen-bond acceptors (Lipinski definition) is 6. The van der Waals surface area contributed by atoms with Crippen molar-refractivity contribution in [3.63, 3.8) is 0 Å². The summed E-state index contributed by atoms with van der Waals surface area (Å²) in [5.41, 5.74) is 12.8. The summed E-state index contributed by atoms with van der Waals surface area (Å²) in [5, 5.41) is 0.697. The number of nitrogens with two attached hydrogens (primary N) is 2. The van der Waals surface area contributed by atoms with E-state index in [9.17, 15) is 4.79 Å². The fourth-order valence-electron chi connectivity index (χ4n) is 1.81. The Balaban J connectivity index is 2.21. The Labute approximate surface area is 121 Å². The summed E-state index contributed by atoms with van der Waals surface area (Å²) in [5.74, 6) is 0.370. The number of rotatable bonds is 6. The molecule has 106 valence electrons. The van der Waals surface area contributed by atoms with Crippen LogP contribution in [0, 0.1) is 0 Å². The molecule has 0 spiro atoms. The minimum atomic E-state index is -0.401. The maximum atomic E-state index is 11.2. The van der Waals surface area contributed by atoms with Crippen molar-refractivity contribution >= 4 is 28.3 Å². The van der Waals surface area contributed by atoms with Crippen molar-refractivity contribution in [2.24, 2.45) is 5.73 Å². The number of nitrogens with zero attached hydrogens (tertiary/aromatic N) is 3. The number of primary amides is 1. The second kappa shape index (κ2) is 6.33. The molecule has 2 rings (SSSR count). The van der Waals surface area contributed by atoms with Gasteiger partial charge in [-0.2, -0.15) is 4.37 Å². The molecule has 1 aromatic heterocycles. The average molecular weight is 291 g/mol. The van der Waals surface area contributed by atoms with Gasteiger partial charge in [0.15, 0.2) is 0 Å². The topological polar surface area (TPSA) is 98.1 Å². The Bertz CT molecular complexity index is 598. The SMILES string of the molecule is CCc1nsc(N(CC(N)=O)Cc2cccc(N)c2)n1. The van der Waals surface area contributed by atoms with Gasteiger partial charge in [-0.1, -0.05) is 19.1 Å². The van der Waals surface area contributed by atoms with Crippen molar-refractivity contribution < 1.29 is 4.79 Å². The maximum absolute atomic E-state index is 11.2. The van der Waals surface area contributed by atoms with Gasteiger partial charge in [-0.15, -0.1) is 0 Å². The van der Waals surface area contributed by atoms with E-state index in [4.69, 9.17) is 11.5 Å². The van der Waals surface area contributed by atoms with E-state index in [1.807, 2.05) is 36.1 Å².